The van der Waals surface area contributed by atoms with E-state index in [0.717, 1.165) is 0 Å². The zero-order valence-electron chi connectivity index (χ0n) is 17.9. The summed E-state index contributed by atoms with van der Waals surface area (Å²) in [6.07, 6.45) is -3.99. The normalized spacial score (nSPS) is 12.6. The number of nitrogens with zero attached hydrogens (tertiary/aromatic N) is 2. The first-order chi connectivity index (χ1) is 16.3. The number of likely N-dealkylation sites (N-methyl/N-ethyl adjacent to an activating group) is 1. The molecule has 0 spiro atoms. The average molecular weight is 475 g/mol. The summed E-state index contributed by atoms with van der Waals surface area (Å²) in [6.45, 7) is 0.604. The fourth-order valence-corrected chi connectivity index (χ4v) is 3.02. The number of halogens is 3. The molecule has 0 unspecified atom stereocenters. The number of rotatable bonds is 7. The van der Waals surface area contributed by atoms with E-state index in [9.17, 15) is 18.0 Å². The Bertz CT molecular complexity index is 1190. The molecule has 4 rings (SSSR count). The maximum atomic E-state index is 13.6. The molecule has 1 amide bonds. The topological polar surface area (TPSA) is 107 Å². The molecular formula is C22H20F3N5O4. The number of alkyl halides is 3. The molecule has 12 heteroatoms. The standard InChI is InChI=1S/C22H20F3N5O4/c1-26-19(31)12-34-15-4-2-3-13(9-15)28-20-16(22(23,24)25)11-27-21(30-20)29-14-5-6-17-18(10-14)33-8-7-32-17/h2-6,9-11H,7-8,12H2,1H3,(H,26,31)(H2,27,28,29,30). The van der Waals surface area contributed by atoms with Crippen molar-refractivity contribution < 1.29 is 32.2 Å². The maximum absolute atomic E-state index is 13.6. The van der Waals surface area contributed by atoms with E-state index in [1.807, 2.05) is 0 Å². The second-order valence-corrected chi connectivity index (χ2v) is 7.05. The van der Waals surface area contributed by atoms with Crippen molar-refractivity contribution in [3.8, 4) is 17.2 Å². The Labute approximate surface area is 192 Å². The highest BCUT2D eigenvalue weighted by Crippen LogP contribution is 2.37. The molecule has 9 nitrogen and oxygen atoms in total. The molecular weight excluding hydrogens is 455 g/mol. The number of anilines is 4. The Morgan fingerprint density at radius 1 is 1.06 bits per heavy atom. The Kier molecular flexibility index (Phi) is 6.57. The van der Waals surface area contributed by atoms with Crippen LogP contribution in [-0.2, 0) is 11.0 Å². The van der Waals surface area contributed by atoms with E-state index in [-0.39, 0.29) is 24.1 Å². The van der Waals surface area contributed by atoms with Gasteiger partial charge in [-0.15, -0.1) is 0 Å². The fourth-order valence-electron chi connectivity index (χ4n) is 3.02. The van der Waals surface area contributed by atoms with Crippen LogP contribution in [0.4, 0.5) is 36.3 Å². The minimum atomic E-state index is -4.69. The number of benzene rings is 2. The van der Waals surface area contributed by atoms with Crippen LogP contribution in [0.1, 0.15) is 5.56 Å². The first-order valence-electron chi connectivity index (χ1n) is 10.1. The molecule has 0 atom stereocenters. The largest absolute Gasteiger partial charge is 0.486 e. The molecule has 2 aromatic carbocycles. The van der Waals surface area contributed by atoms with Gasteiger partial charge in [-0.25, -0.2) is 4.98 Å². The first-order valence-corrected chi connectivity index (χ1v) is 10.1. The van der Waals surface area contributed by atoms with Gasteiger partial charge in [-0.05, 0) is 24.3 Å². The van der Waals surface area contributed by atoms with Crippen molar-refractivity contribution in [2.45, 2.75) is 6.18 Å². The third-order valence-corrected chi connectivity index (χ3v) is 4.64. The first kappa shape index (κ1) is 23.0. The van der Waals surface area contributed by atoms with Gasteiger partial charge in [0, 0.05) is 36.8 Å². The van der Waals surface area contributed by atoms with E-state index >= 15 is 0 Å². The van der Waals surface area contributed by atoms with Gasteiger partial charge in [0.15, 0.2) is 18.1 Å². The van der Waals surface area contributed by atoms with Crippen molar-refractivity contribution in [2.24, 2.45) is 0 Å². The van der Waals surface area contributed by atoms with Crippen molar-refractivity contribution in [1.82, 2.24) is 15.3 Å². The summed E-state index contributed by atoms with van der Waals surface area (Å²) in [4.78, 5) is 19.2. The monoisotopic (exact) mass is 475 g/mol. The lowest BCUT2D eigenvalue weighted by Crippen LogP contribution is -2.24. The molecule has 0 aliphatic carbocycles. The van der Waals surface area contributed by atoms with Crippen molar-refractivity contribution >= 4 is 29.0 Å². The number of aromatic nitrogens is 2. The number of amides is 1. The van der Waals surface area contributed by atoms with Crippen LogP contribution in [0.25, 0.3) is 0 Å². The van der Waals surface area contributed by atoms with Gasteiger partial charge in [0.1, 0.15) is 30.3 Å². The van der Waals surface area contributed by atoms with Gasteiger partial charge in [-0.3, -0.25) is 4.79 Å². The Morgan fingerprint density at radius 3 is 2.59 bits per heavy atom. The molecule has 178 valence electrons. The van der Waals surface area contributed by atoms with Crippen LogP contribution >= 0.6 is 0 Å². The predicted octanol–water partition coefficient (Wildman–Crippen LogP) is 3.88. The smallest absolute Gasteiger partial charge is 0.421 e. The van der Waals surface area contributed by atoms with Gasteiger partial charge < -0.3 is 30.2 Å². The van der Waals surface area contributed by atoms with Gasteiger partial charge in [-0.2, -0.15) is 18.2 Å². The molecule has 0 saturated carbocycles. The van der Waals surface area contributed by atoms with E-state index in [0.29, 0.717) is 42.3 Å². The van der Waals surface area contributed by atoms with Crippen LogP contribution in [0.5, 0.6) is 17.2 Å². The van der Waals surface area contributed by atoms with Gasteiger partial charge in [0.2, 0.25) is 5.95 Å². The minimum Gasteiger partial charge on any atom is -0.486 e. The van der Waals surface area contributed by atoms with Crippen molar-refractivity contribution in [3.05, 3.63) is 54.2 Å². The highest BCUT2D eigenvalue weighted by atomic mass is 19.4. The van der Waals surface area contributed by atoms with Gasteiger partial charge in [0.05, 0.1) is 0 Å². The molecule has 3 N–H and O–H groups in total. The summed E-state index contributed by atoms with van der Waals surface area (Å²) >= 11 is 0. The lowest BCUT2D eigenvalue weighted by molar-refractivity contribution is -0.137. The molecule has 0 radical (unpaired) electrons. The van der Waals surface area contributed by atoms with Crippen molar-refractivity contribution in [2.75, 3.05) is 37.5 Å². The average Bonchev–Trinajstić information content (AvgIpc) is 2.82. The van der Waals surface area contributed by atoms with Gasteiger partial charge >= 0.3 is 6.18 Å². The predicted molar refractivity (Wildman–Crippen MR) is 117 cm³/mol. The number of carbonyl (C=O) groups excluding carboxylic acids is 1. The second-order valence-electron chi connectivity index (χ2n) is 7.05. The number of nitrogens with one attached hydrogen (secondary N) is 3. The zero-order chi connectivity index (χ0) is 24.1. The number of fused-ring (bicyclic) bond motifs is 1. The van der Waals surface area contributed by atoms with Crippen LogP contribution < -0.4 is 30.2 Å². The van der Waals surface area contributed by atoms with Crippen molar-refractivity contribution in [1.29, 1.82) is 0 Å². The van der Waals surface area contributed by atoms with Crippen LogP contribution in [0.15, 0.2) is 48.7 Å². The molecule has 0 bridgehead atoms. The molecule has 1 aromatic heterocycles. The minimum absolute atomic E-state index is 0.0563. The van der Waals surface area contributed by atoms with Crippen molar-refractivity contribution in [3.63, 3.8) is 0 Å². The molecule has 0 fully saturated rings. The van der Waals surface area contributed by atoms with E-state index in [4.69, 9.17) is 14.2 Å². The van der Waals surface area contributed by atoms with Crippen LogP contribution in [0.3, 0.4) is 0 Å². The number of carbonyl (C=O) groups is 1. The Hall–Kier alpha value is -4.22. The summed E-state index contributed by atoms with van der Waals surface area (Å²) in [5.74, 6) is 0.528. The Morgan fingerprint density at radius 2 is 1.82 bits per heavy atom. The molecule has 34 heavy (non-hydrogen) atoms. The number of hydrogen-bond donors (Lipinski definition) is 3. The third-order valence-electron chi connectivity index (χ3n) is 4.64. The van der Waals surface area contributed by atoms with E-state index in [2.05, 4.69) is 25.9 Å². The lowest BCUT2D eigenvalue weighted by atomic mass is 10.2. The van der Waals surface area contributed by atoms with Gasteiger partial charge in [-0.1, -0.05) is 6.07 Å². The molecule has 0 saturated heterocycles. The SMILES string of the molecule is CNC(=O)COc1cccc(Nc2nc(Nc3ccc4c(c3)OCCO4)ncc2C(F)(F)F)c1. The molecule has 3 aromatic rings. The van der Waals surface area contributed by atoms with Crippen LogP contribution in [-0.4, -0.2) is 42.7 Å². The number of ether oxygens (including phenoxy) is 3. The van der Waals surface area contributed by atoms with Gasteiger partial charge in [0.25, 0.3) is 5.91 Å². The summed E-state index contributed by atoms with van der Waals surface area (Å²) < 4.78 is 57.1. The summed E-state index contributed by atoms with van der Waals surface area (Å²) in [7, 11) is 1.47. The highest BCUT2D eigenvalue weighted by molar-refractivity contribution is 5.77. The Balaban J connectivity index is 1.57. The number of hydrogen-bond acceptors (Lipinski definition) is 8. The maximum Gasteiger partial charge on any atom is 0.421 e. The van der Waals surface area contributed by atoms with E-state index in [1.54, 1.807) is 36.4 Å². The molecule has 2 heterocycles. The van der Waals surface area contributed by atoms with Crippen LogP contribution in [0, 0.1) is 0 Å². The summed E-state index contributed by atoms with van der Waals surface area (Å²) in [6, 6.07) is 11.2. The highest BCUT2D eigenvalue weighted by Gasteiger charge is 2.35. The second kappa shape index (κ2) is 9.73. The van der Waals surface area contributed by atoms with E-state index < -0.39 is 17.6 Å². The van der Waals surface area contributed by atoms with E-state index in [1.165, 1.54) is 13.1 Å². The molecule has 1 aliphatic rings. The lowest BCUT2D eigenvalue weighted by Gasteiger charge is -2.19. The summed E-state index contributed by atoms with van der Waals surface area (Å²) in [5.41, 5.74) is -0.250. The molecule has 1 aliphatic heterocycles. The fraction of sp³-hybridized carbons (Fsp3) is 0.227. The summed E-state index contributed by atoms with van der Waals surface area (Å²) in [5, 5.41) is 7.95. The zero-order valence-corrected chi connectivity index (χ0v) is 17.9. The third kappa shape index (κ3) is 5.57. The van der Waals surface area contributed by atoms with Crippen LogP contribution in [0.2, 0.25) is 0 Å². The quantitative estimate of drug-likeness (QED) is 0.473.